The van der Waals surface area contributed by atoms with E-state index in [0.29, 0.717) is 0 Å². The molecule has 0 bridgehead atoms. The van der Waals surface area contributed by atoms with Gasteiger partial charge in [0, 0.05) is 0 Å². The molecule has 0 rings (SSSR count). The molecule has 0 heterocycles. The zero-order chi connectivity index (χ0) is 6.57. The monoisotopic (exact) mass is 110 g/mol. The van der Waals surface area contributed by atoms with E-state index in [-0.39, 0.29) is 5.76 Å². The summed E-state index contributed by atoms with van der Waals surface area (Å²) >= 11 is 0. The first-order valence-corrected chi connectivity index (χ1v) is 2.35. The van der Waals surface area contributed by atoms with Gasteiger partial charge in [-0.3, -0.25) is 0 Å². The maximum Gasteiger partial charge on any atom is 0.108 e. The summed E-state index contributed by atoms with van der Waals surface area (Å²) in [5.74, 6) is 0.0717. The van der Waals surface area contributed by atoms with Crippen LogP contribution >= 0.6 is 0 Å². The summed E-state index contributed by atoms with van der Waals surface area (Å²) in [4.78, 5) is 0. The van der Waals surface area contributed by atoms with Crippen LogP contribution in [0, 0.1) is 0 Å². The molecule has 0 aliphatic heterocycles. The van der Waals surface area contributed by atoms with Gasteiger partial charge in [0.15, 0.2) is 0 Å². The maximum atomic E-state index is 8.54. The molecule has 44 valence electrons. The maximum absolute atomic E-state index is 8.54. The van der Waals surface area contributed by atoms with E-state index in [2.05, 4.69) is 13.2 Å². The molecule has 1 heteroatoms. The molecule has 0 saturated carbocycles. The molecule has 1 nitrogen and oxygen atoms in total. The highest BCUT2D eigenvalue weighted by Gasteiger charge is 1.79. The van der Waals surface area contributed by atoms with Gasteiger partial charge < -0.3 is 5.11 Å². The highest BCUT2D eigenvalue weighted by Crippen LogP contribution is 1.95. The lowest BCUT2D eigenvalue weighted by atomic mass is 10.3. The molecule has 8 heavy (non-hydrogen) atoms. The number of aliphatic hydroxyl groups is 1. The Labute approximate surface area is 49.7 Å². The first-order valence-electron chi connectivity index (χ1n) is 2.35. The smallest absolute Gasteiger partial charge is 0.108 e. The standard InChI is InChI=1S/C7H10O/c1-4-6(2)5-7(3)8/h4-5,8H,1,3H2,2H3/b6-5-. The molecular formula is C7H10O. The minimum Gasteiger partial charge on any atom is -0.509 e. The van der Waals surface area contributed by atoms with E-state index >= 15 is 0 Å². The largest absolute Gasteiger partial charge is 0.509 e. The Morgan fingerprint density at radius 2 is 2.12 bits per heavy atom. The van der Waals surface area contributed by atoms with Crippen LogP contribution in [0.25, 0.3) is 0 Å². The van der Waals surface area contributed by atoms with Crippen LogP contribution in [-0.2, 0) is 0 Å². The molecule has 0 aromatic rings. The molecule has 0 aromatic carbocycles. The number of aliphatic hydroxyl groups excluding tert-OH is 1. The molecule has 0 aliphatic rings. The van der Waals surface area contributed by atoms with Gasteiger partial charge in [-0.2, -0.15) is 0 Å². The van der Waals surface area contributed by atoms with E-state index in [9.17, 15) is 0 Å². The third-order valence-electron chi connectivity index (χ3n) is 0.716. The van der Waals surface area contributed by atoms with Gasteiger partial charge in [-0.05, 0) is 18.6 Å². The third-order valence-corrected chi connectivity index (χ3v) is 0.716. The topological polar surface area (TPSA) is 20.2 Å². The minimum atomic E-state index is 0.0717. The average molecular weight is 110 g/mol. The molecule has 0 atom stereocenters. The van der Waals surface area contributed by atoms with Crippen molar-refractivity contribution in [3.63, 3.8) is 0 Å². The Morgan fingerprint density at radius 1 is 1.62 bits per heavy atom. The Morgan fingerprint density at radius 3 is 2.25 bits per heavy atom. The zero-order valence-corrected chi connectivity index (χ0v) is 5.02. The fourth-order valence-corrected chi connectivity index (χ4v) is 0.322. The van der Waals surface area contributed by atoms with Crippen LogP contribution in [-0.4, -0.2) is 5.11 Å². The molecule has 0 spiro atoms. The third kappa shape index (κ3) is 3.22. The van der Waals surface area contributed by atoms with Crippen molar-refractivity contribution in [3.05, 3.63) is 36.6 Å². The number of hydrogen-bond donors (Lipinski definition) is 1. The van der Waals surface area contributed by atoms with Crippen molar-refractivity contribution in [3.8, 4) is 0 Å². The summed E-state index contributed by atoms with van der Waals surface area (Å²) in [6.45, 7) is 8.61. The van der Waals surface area contributed by atoms with Gasteiger partial charge >= 0.3 is 0 Å². The quantitative estimate of drug-likeness (QED) is 0.426. The van der Waals surface area contributed by atoms with Crippen LogP contribution in [0.5, 0.6) is 0 Å². The first-order chi connectivity index (χ1) is 3.66. The highest BCUT2D eigenvalue weighted by molar-refractivity contribution is 5.21. The predicted octanol–water partition coefficient (Wildman–Crippen LogP) is 2.19. The van der Waals surface area contributed by atoms with Gasteiger partial charge in [0.05, 0.1) is 0 Å². The molecule has 0 aliphatic carbocycles. The van der Waals surface area contributed by atoms with Crippen LogP contribution in [0.2, 0.25) is 0 Å². The van der Waals surface area contributed by atoms with E-state index in [1.807, 2.05) is 6.92 Å². The van der Waals surface area contributed by atoms with Crippen molar-refractivity contribution < 1.29 is 5.11 Å². The summed E-state index contributed by atoms with van der Waals surface area (Å²) in [7, 11) is 0. The lowest BCUT2D eigenvalue weighted by Gasteiger charge is -1.87. The molecule has 1 N–H and O–H groups in total. The Hall–Kier alpha value is -0.980. The molecule has 0 radical (unpaired) electrons. The first kappa shape index (κ1) is 7.02. The van der Waals surface area contributed by atoms with Gasteiger partial charge in [0.2, 0.25) is 0 Å². The van der Waals surface area contributed by atoms with E-state index in [1.54, 1.807) is 12.2 Å². The SMILES string of the molecule is C=C/C(C)=C\C(=C)O. The molecular weight excluding hydrogens is 100 g/mol. The van der Waals surface area contributed by atoms with Crippen molar-refractivity contribution in [1.82, 2.24) is 0 Å². The number of rotatable bonds is 2. The van der Waals surface area contributed by atoms with Crippen molar-refractivity contribution in [1.29, 1.82) is 0 Å². The Bertz CT molecular complexity index is 131. The Kier molecular flexibility index (Phi) is 2.70. The molecule has 0 fully saturated rings. The minimum absolute atomic E-state index is 0.0717. The Balaban J connectivity index is 3.94. The van der Waals surface area contributed by atoms with Crippen molar-refractivity contribution in [2.75, 3.05) is 0 Å². The molecule has 0 amide bonds. The van der Waals surface area contributed by atoms with Gasteiger partial charge in [-0.25, -0.2) is 0 Å². The van der Waals surface area contributed by atoms with Crippen LogP contribution in [0.4, 0.5) is 0 Å². The molecule has 0 unspecified atom stereocenters. The summed E-state index contributed by atoms with van der Waals surface area (Å²) in [5.41, 5.74) is 0.914. The molecule has 0 saturated heterocycles. The number of allylic oxidation sites excluding steroid dienone is 3. The summed E-state index contributed by atoms with van der Waals surface area (Å²) < 4.78 is 0. The van der Waals surface area contributed by atoms with E-state index in [1.165, 1.54) is 0 Å². The lowest BCUT2D eigenvalue weighted by Crippen LogP contribution is -1.70. The second kappa shape index (κ2) is 3.08. The predicted molar refractivity (Wildman–Crippen MR) is 35.7 cm³/mol. The van der Waals surface area contributed by atoms with Crippen molar-refractivity contribution in [2.45, 2.75) is 6.92 Å². The molecule has 0 aromatic heterocycles. The fourth-order valence-electron chi connectivity index (χ4n) is 0.322. The van der Waals surface area contributed by atoms with Crippen molar-refractivity contribution in [2.24, 2.45) is 0 Å². The van der Waals surface area contributed by atoms with Gasteiger partial charge in [0.1, 0.15) is 5.76 Å². The van der Waals surface area contributed by atoms with Crippen molar-refractivity contribution >= 4 is 0 Å². The lowest BCUT2D eigenvalue weighted by molar-refractivity contribution is 0.435. The van der Waals surface area contributed by atoms with E-state index in [4.69, 9.17) is 5.11 Å². The average Bonchev–Trinajstić information content (AvgIpc) is 1.65. The van der Waals surface area contributed by atoms with Gasteiger partial charge in [-0.1, -0.05) is 19.2 Å². The normalized spacial score (nSPS) is 10.9. The fraction of sp³-hybridized carbons (Fsp3) is 0.143. The van der Waals surface area contributed by atoms with Crippen LogP contribution in [0.1, 0.15) is 6.92 Å². The summed E-state index contributed by atoms with van der Waals surface area (Å²) in [5, 5.41) is 8.54. The van der Waals surface area contributed by atoms with E-state index < -0.39 is 0 Å². The second-order valence-electron chi connectivity index (χ2n) is 1.58. The summed E-state index contributed by atoms with van der Waals surface area (Å²) in [6.07, 6.45) is 3.20. The highest BCUT2D eigenvalue weighted by atomic mass is 16.3. The van der Waals surface area contributed by atoms with Crippen LogP contribution in [0.3, 0.4) is 0 Å². The van der Waals surface area contributed by atoms with Gasteiger partial charge in [-0.15, -0.1) is 0 Å². The summed E-state index contributed by atoms with van der Waals surface area (Å²) in [6, 6.07) is 0. The van der Waals surface area contributed by atoms with Gasteiger partial charge in [0.25, 0.3) is 0 Å². The van der Waals surface area contributed by atoms with Crippen LogP contribution < -0.4 is 0 Å². The van der Waals surface area contributed by atoms with Crippen LogP contribution in [0.15, 0.2) is 36.6 Å². The number of hydrogen-bond acceptors (Lipinski definition) is 1. The zero-order valence-electron chi connectivity index (χ0n) is 5.02. The van der Waals surface area contributed by atoms with E-state index in [0.717, 1.165) is 5.57 Å². The second-order valence-corrected chi connectivity index (χ2v) is 1.58.